The molecule has 4 heteroatoms. The summed E-state index contributed by atoms with van der Waals surface area (Å²) in [6.07, 6.45) is 0.863. The van der Waals surface area contributed by atoms with Gasteiger partial charge in [-0.05, 0) is 50.3 Å². The van der Waals surface area contributed by atoms with Crippen molar-refractivity contribution in [1.82, 2.24) is 4.90 Å². The number of carbonyl (C=O) groups excluding carboxylic acids is 1. The van der Waals surface area contributed by atoms with Crippen LogP contribution in [0.2, 0.25) is 0 Å². The van der Waals surface area contributed by atoms with Gasteiger partial charge in [-0.1, -0.05) is 32.9 Å². The monoisotopic (exact) mass is 332 g/mol. The van der Waals surface area contributed by atoms with Gasteiger partial charge in [-0.3, -0.25) is 0 Å². The number of hydrogen-bond donors (Lipinski definition) is 0. The Morgan fingerprint density at radius 2 is 1.67 bits per heavy atom. The molecule has 1 aliphatic rings. The summed E-state index contributed by atoms with van der Waals surface area (Å²) < 4.78 is 5.46. The van der Waals surface area contributed by atoms with Gasteiger partial charge in [0.1, 0.15) is 5.60 Å². The Balaban J connectivity index is 1.95. The summed E-state index contributed by atoms with van der Waals surface area (Å²) in [5, 5.41) is 0. The van der Waals surface area contributed by atoms with Crippen LogP contribution in [0.15, 0.2) is 24.3 Å². The fraction of sp³-hybridized carbons (Fsp3) is 0.650. The third kappa shape index (κ3) is 5.73. The summed E-state index contributed by atoms with van der Waals surface area (Å²) in [5.74, 6) is 0. The van der Waals surface area contributed by atoms with E-state index in [9.17, 15) is 4.79 Å². The molecule has 0 bridgehead atoms. The predicted molar refractivity (Wildman–Crippen MR) is 99.6 cm³/mol. The molecule has 134 valence electrons. The van der Waals surface area contributed by atoms with Crippen molar-refractivity contribution in [1.29, 1.82) is 0 Å². The van der Waals surface area contributed by atoms with Crippen molar-refractivity contribution in [3.8, 4) is 0 Å². The molecule has 0 saturated carbocycles. The summed E-state index contributed by atoms with van der Waals surface area (Å²) in [6, 6.07) is 8.78. The van der Waals surface area contributed by atoms with Crippen molar-refractivity contribution in [3.05, 3.63) is 29.8 Å². The van der Waals surface area contributed by atoms with E-state index >= 15 is 0 Å². The standard InChI is InChI=1S/C20H32N2O2/c1-19(2,3)15-16-8-7-9-17(14-16)21-10-12-22(13-11-21)18(23)24-20(4,5)6/h7-9,14H,10-13,15H2,1-6H3. The zero-order valence-corrected chi connectivity index (χ0v) is 16.1. The lowest BCUT2D eigenvalue weighted by Crippen LogP contribution is -2.50. The van der Waals surface area contributed by atoms with E-state index in [1.54, 1.807) is 4.90 Å². The maximum absolute atomic E-state index is 12.2. The second kappa shape index (κ2) is 7.04. The zero-order chi connectivity index (χ0) is 18.0. The van der Waals surface area contributed by atoms with Gasteiger partial charge in [-0.2, -0.15) is 0 Å². The van der Waals surface area contributed by atoms with Gasteiger partial charge >= 0.3 is 6.09 Å². The molecule has 1 amide bonds. The van der Waals surface area contributed by atoms with Gasteiger partial charge in [-0.15, -0.1) is 0 Å². The molecular formula is C20H32N2O2. The van der Waals surface area contributed by atoms with Gasteiger partial charge in [0.15, 0.2) is 0 Å². The number of carbonyl (C=O) groups is 1. The fourth-order valence-corrected chi connectivity index (χ4v) is 2.95. The predicted octanol–water partition coefficient (Wildman–Crippen LogP) is 4.33. The number of nitrogens with zero attached hydrogens (tertiary/aromatic N) is 2. The number of amides is 1. The lowest BCUT2D eigenvalue weighted by atomic mass is 9.88. The highest BCUT2D eigenvalue weighted by molar-refractivity contribution is 5.68. The highest BCUT2D eigenvalue weighted by Gasteiger charge is 2.26. The van der Waals surface area contributed by atoms with Gasteiger partial charge in [0.25, 0.3) is 0 Å². The second-order valence-electron chi connectivity index (χ2n) is 8.86. The van der Waals surface area contributed by atoms with E-state index in [0.29, 0.717) is 13.1 Å². The molecule has 0 radical (unpaired) electrons. The maximum atomic E-state index is 12.2. The topological polar surface area (TPSA) is 32.8 Å². The van der Waals surface area contributed by atoms with Gasteiger partial charge in [0.05, 0.1) is 0 Å². The van der Waals surface area contributed by atoms with E-state index in [-0.39, 0.29) is 11.5 Å². The molecule has 2 rings (SSSR count). The SMILES string of the molecule is CC(C)(C)Cc1cccc(N2CCN(C(=O)OC(C)(C)C)CC2)c1. The van der Waals surface area contributed by atoms with E-state index in [1.807, 2.05) is 20.8 Å². The Bertz CT molecular complexity index is 562. The summed E-state index contributed by atoms with van der Waals surface area (Å²) in [5.41, 5.74) is 2.47. The third-order valence-corrected chi connectivity index (χ3v) is 3.94. The van der Waals surface area contributed by atoms with E-state index in [2.05, 4.69) is 49.9 Å². The van der Waals surface area contributed by atoms with Crippen LogP contribution in [0.5, 0.6) is 0 Å². The number of anilines is 1. The van der Waals surface area contributed by atoms with Crippen molar-refractivity contribution >= 4 is 11.8 Å². The van der Waals surface area contributed by atoms with Gasteiger partial charge < -0.3 is 14.5 Å². The van der Waals surface area contributed by atoms with Crippen LogP contribution in [0.3, 0.4) is 0 Å². The molecule has 1 aromatic rings. The molecule has 1 aromatic carbocycles. The van der Waals surface area contributed by atoms with E-state index in [0.717, 1.165) is 19.5 Å². The van der Waals surface area contributed by atoms with Crippen molar-refractivity contribution in [2.75, 3.05) is 31.1 Å². The van der Waals surface area contributed by atoms with Crippen LogP contribution >= 0.6 is 0 Å². The first-order valence-corrected chi connectivity index (χ1v) is 8.85. The highest BCUT2D eigenvalue weighted by atomic mass is 16.6. The number of ether oxygens (including phenoxy) is 1. The molecule has 1 aliphatic heterocycles. The number of hydrogen-bond acceptors (Lipinski definition) is 3. The number of benzene rings is 1. The molecule has 0 atom stereocenters. The summed E-state index contributed by atoms with van der Waals surface area (Å²) >= 11 is 0. The summed E-state index contributed by atoms with van der Waals surface area (Å²) in [7, 11) is 0. The highest BCUT2D eigenvalue weighted by Crippen LogP contribution is 2.24. The van der Waals surface area contributed by atoms with Crippen molar-refractivity contribution in [2.24, 2.45) is 5.41 Å². The van der Waals surface area contributed by atoms with Crippen LogP contribution in [-0.4, -0.2) is 42.8 Å². The largest absolute Gasteiger partial charge is 0.444 e. The van der Waals surface area contributed by atoms with Crippen LogP contribution in [0.4, 0.5) is 10.5 Å². The van der Waals surface area contributed by atoms with Crippen LogP contribution in [0.1, 0.15) is 47.1 Å². The summed E-state index contributed by atoms with van der Waals surface area (Å²) in [4.78, 5) is 16.3. The Labute approximate surface area is 146 Å². The second-order valence-corrected chi connectivity index (χ2v) is 8.86. The third-order valence-electron chi connectivity index (χ3n) is 3.94. The van der Waals surface area contributed by atoms with Crippen molar-refractivity contribution < 1.29 is 9.53 Å². The lowest BCUT2D eigenvalue weighted by molar-refractivity contribution is 0.0240. The Kier molecular flexibility index (Phi) is 5.46. The van der Waals surface area contributed by atoms with E-state index < -0.39 is 5.60 Å². The quantitative estimate of drug-likeness (QED) is 0.808. The normalized spacial score (nSPS) is 16.2. The smallest absolute Gasteiger partial charge is 0.410 e. The lowest BCUT2D eigenvalue weighted by Gasteiger charge is -2.37. The number of piperazine rings is 1. The average Bonchev–Trinajstić information content (AvgIpc) is 2.44. The fourth-order valence-electron chi connectivity index (χ4n) is 2.95. The average molecular weight is 332 g/mol. The molecule has 0 aromatic heterocycles. The minimum atomic E-state index is -0.435. The van der Waals surface area contributed by atoms with Crippen LogP contribution in [0, 0.1) is 5.41 Å². The molecule has 1 heterocycles. The molecule has 0 spiro atoms. The van der Waals surface area contributed by atoms with Gasteiger partial charge in [-0.25, -0.2) is 4.79 Å². The van der Waals surface area contributed by atoms with Crippen LogP contribution in [-0.2, 0) is 11.2 Å². The Hall–Kier alpha value is -1.71. The summed E-state index contributed by atoms with van der Waals surface area (Å²) in [6.45, 7) is 15.6. The van der Waals surface area contributed by atoms with Crippen molar-refractivity contribution in [3.63, 3.8) is 0 Å². The molecule has 1 fully saturated rings. The minimum Gasteiger partial charge on any atom is -0.444 e. The Morgan fingerprint density at radius 1 is 1.04 bits per heavy atom. The Morgan fingerprint density at radius 3 is 2.21 bits per heavy atom. The first-order valence-electron chi connectivity index (χ1n) is 8.85. The van der Waals surface area contributed by atoms with E-state index in [4.69, 9.17) is 4.74 Å². The number of rotatable bonds is 2. The molecular weight excluding hydrogens is 300 g/mol. The minimum absolute atomic E-state index is 0.205. The van der Waals surface area contributed by atoms with Crippen molar-refractivity contribution in [2.45, 2.75) is 53.6 Å². The zero-order valence-electron chi connectivity index (χ0n) is 16.1. The first kappa shape index (κ1) is 18.6. The first-order chi connectivity index (χ1) is 11.0. The van der Waals surface area contributed by atoms with E-state index in [1.165, 1.54) is 11.3 Å². The molecule has 24 heavy (non-hydrogen) atoms. The van der Waals surface area contributed by atoms with Crippen LogP contribution < -0.4 is 4.90 Å². The molecule has 0 aliphatic carbocycles. The van der Waals surface area contributed by atoms with Crippen LogP contribution in [0.25, 0.3) is 0 Å². The maximum Gasteiger partial charge on any atom is 0.410 e. The molecule has 0 unspecified atom stereocenters. The van der Waals surface area contributed by atoms with Gasteiger partial charge in [0.2, 0.25) is 0 Å². The van der Waals surface area contributed by atoms with Gasteiger partial charge in [0, 0.05) is 31.9 Å². The molecule has 4 nitrogen and oxygen atoms in total. The molecule has 0 N–H and O–H groups in total. The molecule has 1 saturated heterocycles.